The molecule has 0 atom stereocenters. The summed E-state index contributed by atoms with van der Waals surface area (Å²) >= 11 is 0. The number of fused-ring (bicyclic) bond motifs is 2. The van der Waals surface area contributed by atoms with Crippen LogP contribution in [-0.4, -0.2) is 26.3 Å². The number of hydrogen-bond acceptors (Lipinski definition) is 5. The van der Waals surface area contributed by atoms with E-state index in [9.17, 15) is 0 Å². The second kappa shape index (κ2) is 5.02. The van der Waals surface area contributed by atoms with Gasteiger partial charge in [0, 0.05) is 30.4 Å². The molecule has 0 spiro atoms. The van der Waals surface area contributed by atoms with Crippen LogP contribution in [0.1, 0.15) is 36.2 Å². The Kier molecular flexibility index (Phi) is 3.02. The SMILES string of the molecule is Nc1cc2n(n1)CCCN(c1ncnc3c1CCCC3)C2. The van der Waals surface area contributed by atoms with Crippen LogP contribution in [0.5, 0.6) is 0 Å². The fourth-order valence-corrected chi connectivity index (χ4v) is 3.44. The van der Waals surface area contributed by atoms with Gasteiger partial charge in [0.15, 0.2) is 0 Å². The quantitative estimate of drug-likeness (QED) is 0.860. The van der Waals surface area contributed by atoms with Gasteiger partial charge in [0.1, 0.15) is 18.0 Å². The molecular weight excluding hydrogens is 264 g/mol. The number of nitrogens with two attached hydrogens (primary N) is 1. The fourth-order valence-electron chi connectivity index (χ4n) is 3.44. The molecule has 0 radical (unpaired) electrons. The Balaban J connectivity index is 1.70. The summed E-state index contributed by atoms with van der Waals surface area (Å²) in [5.74, 6) is 1.73. The Morgan fingerprint density at radius 3 is 2.90 bits per heavy atom. The maximum atomic E-state index is 5.83. The Hall–Kier alpha value is -2.11. The Morgan fingerprint density at radius 1 is 1.05 bits per heavy atom. The van der Waals surface area contributed by atoms with Gasteiger partial charge in [-0.25, -0.2) is 9.97 Å². The summed E-state index contributed by atoms with van der Waals surface area (Å²) < 4.78 is 2.03. The first-order chi connectivity index (χ1) is 10.3. The summed E-state index contributed by atoms with van der Waals surface area (Å²) in [4.78, 5) is 11.4. The van der Waals surface area contributed by atoms with Crippen molar-refractivity contribution in [2.45, 2.75) is 45.2 Å². The van der Waals surface area contributed by atoms with Gasteiger partial charge < -0.3 is 10.6 Å². The molecule has 6 heteroatoms. The van der Waals surface area contributed by atoms with Gasteiger partial charge in [0.25, 0.3) is 0 Å². The number of rotatable bonds is 1. The van der Waals surface area contributed by atoms with E-state index in [1.165, 1.54) is 29.8 Å². The van der Waals surface area contributed by atoms with E-state index >= 15 is 0 Å². The predicted molar refractivity (Wildman–Crippen MR) is 81.0 cm³/mol. The highest BCUT2D eigenvalue weighted by molar-refractivity contribution is 5.50. The predicted octanol–water partition coefficient (Wildman–Crippen LogP) is 1.54. The summed E-state index contributed by atoms with van der Waals surface area (Å²) in [6.07, 6.45) is 7.45. The van der Waals surface area contributed by atoms with Gasteiger partial charge in [0.2, 0.25) is 0 Å². The minimum atomic E-state index is 0.608. The zero-order valence-corrected chi connectivity index (χ0v) is 12.1. The molecule has 0 unspecified atom stereocenters. The summed E-state index contributed by atoms with van der Waals surface area (Å²) in [5, 5.41) is 4.36. The van der Waals surface area contributed by atoms with Crippen molar-refractivity contribution in [3.63, 3.8) is 0 Å². The highest BCUT2D eigenvalue weighted by atomic mass is 15.3. The zero-order valence-electron chi connectivity index (χ0n) is 12.1. The normalized spacial score (nSPS) is 18.0. The van der Waals surface area contributed by atoms with E-state index < -0.39 is 0 Å². The van der Waals surface area contributed by atoms with E-state index in [0.29, 0.717) is 5.82 Å². The van der Waals surface area contributed by atoms with Crippen LogP contribution in [0.2, 0.25) is 0 Å². The van der Waals surface area contributed by atoms with Crippen LogP contribution in [0, 0.1) is 0 Å². The zero-order chi connectivity index (χ0) is 14.2. The Morgan fingerprint density at radius 2 is 1.95 bits per heavy atom. The third-order valence-corrected chi connectivity index (χ3v) is 4.43. The van der Waals surface area contributed by atoms with Crippen molar-refractivity contribution in [3.05, 3.63) is 29.3 Å². The molecule has 0 bridgehead atoms. The lowest BCUT2D eigenvalue weighted by Gasteiger charge is -2.26. The first-order valence-corrected chi connectivity index (χ1v) is 7.71. The largest absolute Gasteiger partial charge is 0.382 e. The lowest BCUT2D eigenvalue weighted by Crippen LogP contribution is -2.26. The summed E-state index contributed by atoms with van der Waals surface area (Å²) in [6, 6.07) is 1.98. The maximum Gasteiger partial charge on any atom is 0.145 e. The van der Waals surface area contributed by atoms with Gasteiger partial charge in [-0.15, -0.1) is 0 Å². The lowest BCUT2D eigenvalue weighted by molar-refractivity contribution is 0.593. The van der Waals surface area contributed by atoms with Gasteiger partial charge in [0.05, 0.1) is 12.2 Å². The third kappa shape index (κ3) is 2.24. The van der Waals surface area contributed by atoms with Crippen LogP contribution in [0.3, 0.4) is 0 Å². The van der Waals surface area contributed by atoms with Crippen molar-refractivity contribution >= 4 is 11.6 Å². The molecule has 2 aromatic rings. The molecule has 110 valence electrons. The molecule has 0 saturated heterocycles. The Labute approximate surface area is 124 Å². The van der Waals surface area contributed by atoms with Crippen LogP contribution < -0.4 is 10.6 Å². The van der Waals surface area contributed by atoms with Crippen LogP contribution in [-0.2, 0) is 25.9 Å². The molecule has 4 rings (SSSR count). The van der Waals surface area contributed by atoms with Crippen LogP contribution >= 0.6 is 0 Å². The number of nitrogen functional groups attached to an aromatic ring is 1. The second-order valence-corrected chi connectivity index (χ2v) is 5.89. The summed E-state index contributed by atoms with van der Waals surface area (Å²) in [7, 11) is 0. The maximum absolute atomic E-state index is 5.83. The van der Waals surface area contributed by atoms with Gasteiger partial charge in [-0.1, -0.05) is 0 Å². The third-order valence-electron chi connectivity index (χ3n) is 4.43. The molecule has 0 amide bonds. The minimum absolute atomic E-state index is 0.608. The molecule has 2 aromatic heterocycles. The molecule has 1 aliphatic heterocycles. The number of hydrogen-bond donors (Lipinski definition) is 1. The second-order valence-electron chi connectivity index (χ2n) is 5.89. The smallest absolute Gasteiger partial charge is 0.145 e. The molecule has 3 heterocycles. The van der Waals surface area contributed by atoms with E-state index in [-0.39, 0.29) is 0 Å². The van der Waals surface area contributed by atoms with Gasteiger partial charge in [-0.05, 0) is 32.1 Å². The molecule has 6 nitrogen and oxygen atoms in total. The van der Waals surface area contributed by atoms with E-state index in [1.807, 2.05) is 10.7 Å². The van der Waals surface area contributed by atoms with Crippen molar-refractivity contribution in [2.75, 3.05) is 17.2 Å². The van der Waals surface area contributed by atoms with Crippen molar-refractivity contribution in [1.82, 2.24) is 19.7 Å². The number of nitrogens with zero attached hydrogens (tertiary/aromatic N) is 5. The molecule has 2 aliphatic rings. The van der Waals surface area contributed by atoms with Crippen LogP contribution in [0.4, 0.5) is 11.6 Å². The van der Waals surface area contributed by atoms with E-state index in [1.54, 1.807) is 6.33 Å². The van der Waals surface area contributed by atoms with E-state index in [4.69, 9.17) is 5.73 Å². The van der Waals surface area contributed by atoms with Crippen molar-refractivity contribution < 1.29 is 0 Å². The van der Waals surface area contributed by atoms with Crippen molar-refractivity contribution in [3.8, 4) is 0 Å². The van der Waals surface area contributed by atoms with E-state index in [0.717, 1.165) is 44.7 Å². The minimum Gasteiger partial charge on any atom is -0.382 e. The molecule has 0 aromatic carbocycles. The van der Waals surface area contributed by atoms with E-state index in [2.05, 4.69) is 20.0 Å². The molecule has 1 aliphatic carbocycles. The fraction of sp³-hybridized carbons (Fsp3) is 0.533. The molecule has 0 saturated carbocycles. The molecular formula is C15H20N6. The monoisotopic (exact) mass is 284 g/mol. The first kappa shape index (κ1) is 12.6. The number of anilines is 2. The average Bonchev–Trinajstić information content (AvgIpc) is 2.74. The Bertz CT molecular complexity index is 662. The topological polar surface area (TPSA) is 72.9 Å². The standard InChI is InChI=1S/C15H20N6/c16-14-8-11-9-20(6-3-7-21(11)19-14)15-12-4-1-2-5-13(12)17-10-18-15/h8,10H,1-7,9H2,(H2,16,19). The highest BCUT2D eigenvalue weighted by Crippen LogP contribution is 2.29. The summed E-state index contributed by atoms with van der Waals surface area (Å²) in [5.41, 5.74) is 9.59. The highest BCUT2D eigenvalue weighted by Gasteiger charge is 2.22. The van der Waals surface area contributed by atoms with Gasteiger partial charge >= 0.3 is 0 Å². The lowest BCUT2D eigenvalue weighted by atomic mass is 9.96. The van der Waals surface area contributed by atoms with Gasteiger partial charge in [-0.2, -0.15) is 5.10 Å². The van der Waals surface area contributed by atoms with Gasteiger partial charge in [-0.3, -0.25) is 4.68 Å². The van der Waals surface area contributed by atoms with Crippen molar-refractivity contribution in [1.29, 1.82) is 0 Å². The molecule has 2 N–H and O–H groups in total. The number of aryl methyl sites for hydroxylation is 2. The first-order valence-electron chi connectivity index (χ1n) is 7.71. The molecule has 21 heavy (non-hydrogen) atoms. The van der Waals surface area contributed by atoms with Crippen LogP contribution in [0.25, 0.3) is 0 Å². The van der Waals surface area contributed by atoms with Crippen molar-refractivity contribution in [2.24, 2.45) is 0 Å². The molecule has 0 fully saturated rings. The van der Waals surface area contributed by atoms with Crippen LogP contribution in [0.15, 0.2) is 12.4 Å². The average molecular weight is 284 g/mol. The number of aromatic nitrogens is 4. The summed E-state index contributed by atoms with van der Waals surface area (Å²) in [6.45, 7) is 2.76.